The van der Waals surface area contributed by atoms with Crippen LogP contribution in [0.15, 0.2) is 16.7 Å². The van der Waals surface area contributed by atoms with E-state index in [2.05, 4.69) is 5.32 Å². The second-order valence-electron chi connectivity index (χ2n) is 2.04. The Kier molecular flexibility index (Phi) is 2.06. The zero-order valence-electron chi connectivity index (χ0n) is 5.96. The van der Waals surface area contributed by atoms with Crippen molar-refractivity contribution in [3.8, 4) is 0 Å². The van der Waals surface area contributed by atoms with Gasteiger partial charge in [0.05, 0.1) is 5.69 Å². The van der Waals surface area contributed by atoms with Crippen LogP contribution in [0.2, 0.25) is 0 Å². The van der Waals surface area contributed by atoms with E-state index in [1.807, 2.05) is 0 Å². The molecule has 0 unspecified atom stereocenters. The number of carbonyl (C=O) groups excluding carboxylic acids is 2. The molecule has 0 fully saturated rings. The molecule has 1 N–H and O–H groups in total. The summed E-state index contributed by atoms with van der Waals surface area (Å²) in [6.07, 6.45) is 1.89. The van der Waals surface area contributed by atoms with Crippen molar-refractivity contribution in [2.24, 2.45) is 0 Å². The predicted octanol–water partition coefficient (Wildman–Crippen LogP) is 1.05. The molecule has 0 aliphatic rings. The fourth-order valence-electron chi connectivity index (χ4n) is 0.683. The maximum absolute atomic E-state index is 10.5. The highest BCUT2D eigenvalue weighted by molar-refractivity contribution is 5.89. The van der Waals surface area contributed by atoms with Crippen molar-refractivity contribution in [2.45, 2.75) is 6.92 Å². The van der Waals surface area contributed by atoms with Crippen LogP contribution in [0.5, 0.6) is 0 Å². The summed E-state index contributed by atoms with van der Waals surface area (Å²) in [5.41, 5.74) is 0.500. The Morgan fingerprint density at radius 3 is 2.91 bits per heavy atom. The lowest BCUT2D eigenvalue weighted by Gasteiger charge is -1.91. The second-order valence-corrected chi connectivity index (χ2v) is 2.04. The third kappa shape index (κ3) is 1.93. The lowest BCUT2D eigenvalue weighted by Crippen LogP contribution is -2.04. The number of carbonyl (C=O) groups is 2. The van der Waals surface area contributed by atoms with Crippen molar-refractivity contribution in [3.63, 3.8) is 0 Å². The van der Waals surface area contributed by atoms with Crippen LogP contribution in [0.1, 0.15) is 17.5 Å². The standard InChI is InChI=1S/C7H7NO3/c1-5(10)8-6-2-7(3-9)11-4-6/h2-4H,1H3,(H,8,10). The molecule has 0 saturated heterocycles. The Labute approximate surface area is 63.2 Å². The highest BCUT2D eigenvalue weighted by Gasteiger charge is 2.00. The van der Waals surface area contributed by atoms with Crippen LogP contribution in [0.3, 0.4) is 0 Å². The van der Waals surface area contributed by atoms with E-state index in [0.717, 1.165) is 0 Å². The average molecular weight is 153 g/mol. The minimum Gasteiger partial charge on any atom is -0.459 e. The Hall–Kier alpha value is -1.58. The first-order chi connectivity index (χ1) is 5.22. The summed E-state index contributed by atoms with van der Waals surface area (Å²) in [6, 6.07) is 1.45. The van der Waals surface area contributed by atoms with E-state index in [1.54, 1.807) is 0 Å². The Morgan fingerprint density at radius 2 is 2.45 bits per heavy atom. The van der Waals surface area contributed by atoms with Crippen LogP contribution < -0.4 is 5.32 Å². The first-order valence-corrected chi connectivity index (χ1v) is 3.03. The molecule has 1 amide bonds. The number of hydrogen-bond donors (Lipinski definition) is 1. The summed E-state index contributed by atoms with van der Waals surface area (Å²) in [7, 11) is 0. The van der Waals surface area contributed by atoms with E-state index in [-0.39, 0.29) is 11.7 Å². The summed E-state index contributed by atoms with van der Waals surface area (Å²) in [6.45, 7) is 1.38. The quantitative estimate of drug-likeness (QED) is 0.646. The van der Waals surface area contributed by atoms with Crippen molar-refractivity contribution in [3.05, 3.63) is 18.1 Å². The van der Waals surface area contributed by atoms with Gasteiger partial charge in [0.25, 0.3) is 0 Å². The molecule has 4 heteroatoms. The van der Waals surface area contributed by atoms with Gasteiger partial charge in [-0.2, -0.15) is 0 Å². The van der Waals surface area contributed by atoms with Gasteiger partial charge in [-0.15, -0.1) is 0 Å². The van der Waals surface area contributed by atoms with Gasteiger partial charge in [-0.25, -0.2) is 0 Å². The van der Waals surface area contributed by atoms with Gasteiger partial charge in [0.1, 0.15) is 6.26 Å². The molecule has 0 bridgehead atoms. The van der Waals surface area contributed by atoms with Gasteiger partial charge in [0, 0.05) is 13.0 Å². The minimum absolute atomic E-state index is 0.191. The number of aldehydes is 1. The number of hydrogen-bond acceptors (Lipinski definition) is 3. The monoisotopic (exact) mass is 153 g/mol. The lowest BCUT2D eigenvalue weighted by molar-refractivity contribution is -0.114. The van der Waals surface area contributed by atoms with Crippen LogP contribution in [-0.2, 0) is 4.79 Å². The molecule has 0 aromatic carbocycles. The topological polar surface area (TPSA) is 59.3 Å². The van der Waals surface area contributed by atoms with E-state index in [9.17, 15) is 9.59 Å². The predicted molar refractivity (Wildman–Crippen MR) is 38.4 cm³/mol. The fourth-order valence-corrected chi connectivity index (χ4v) is 0.683. The zero-order chi connectivity index (χ0) is 8.27. The summed E-state index contributed by atoms with van der Waals surface area (Å²) in [4.78, 5) is 20.6. The SMILES string of the molecule is CC(=O)Nc1coc(C=O)c1. The van der Waals surface area contributed by atoms with Gasteiger partial charge >= 0.3 is 0 Å². The van der Waals surface area contributed by atoms with Crippen molar-refractivity contribution in [2.75, 3.05) is 5.32 Å². The highest BCUT2D eigenvalue weighted by Crippen LogP contribution is 2.10. The molecule has 0 spiro atoms. The van der Waals surface area contributed by atoms with Crippen molar-refractivity contribution in [1.29, 1.82) is 0 Å². The van der Waals surface area contributed by atoms with E-state index in [1.165, 1.54) is 19.3 Å². The molecule has 11 heavy (non-hydrogen) atoms. The third-order valence-electron chi connectivity index (χ3n) is 1.06. The molecule has 1 aromatic rings. The van der Waals surface area contributed by atoms with E-state index >= 15 is 0 Å². The van der Waals surface area contributed by atoms with E-state index in [4.69, 9.17) is 4.42 Å². The average Bonchev–Trinajstić information content (AvgIpc) is 2.34. The summed E-state index contributed by atoms with van der Waals surface area (Å²) < 4.78 is 4.73. The first kappa shape index (κ1) is 7.53. The third-order valence-corrected chi connectivity index (χ3v) is 1.06. The van der Waals surface area contributed by atoms with E-state index in [0.29, 0.717) is 12.0 Å². The number of furan rings is 1. The largest absolute Gasteiger partial charge is 0.459 e. The van der Waals surface area contributed by atoms with Crippen LogP contribution in [0, 0.1) is 0 Å². The van der Waals surface area contributed by atoms with Crippen LogP contribution in [0.25, 0.3) is 0 Å². The Bertz CT molecular complexity index is 277. The molecule has 0 atom stereocenters. The maximum atomic E-state index is 10.5. The van der Waals surface area contributed by atoms with Gasteiger partial charge in [-0.1, -0.05) is 0 Å². The summed E-state index contributed by atoms with van der Waals surface area (Å²) in [5.74, 6) is 0.0111. The molecule has 1 rings (SSSR count). The zero-order valence-corrected chi connectivity index (χ0v) is 5.96. The van der Waals surface area contributed by atoms with Gasteiger partial charge in [-0.05, 0) is 0 Å². The molecule has 4 nitrogen and oxygen atoms in total. The number of nitrogens with one attached hydrogen (secondary N) is 1. The van der Waals surface area contributed by atoms with Crippen molar-refractivity contribution in [1.82, 2.24) is 0 Å². The summed E-state index contributed by atoms with van der Waals surface area (Å²) in [5, 5.41) is 2.47. The van der Waals surface area contributed by atoms with Crippen molar-refractivity contribution >= 4 is 17.9 Å². The summed E-state index contributed by atoms with van der Waals surface area (Å²) >= 11 is 0. The number of amides is 1. The smallest absolute Gasteiger partial charge is 0.221 e. The molecule has 58 valence electrons. The fraction of sp³-hybridized carbons (Fsp3) is 0.143. The Morgan fingerprint density at radius 1 is 1.73 bits per heavy atom. The van der Waals surface area contributed by atoms with Gasteiger partial charge in [-0.3, -0.25) is 9.59 Å². The Balaban J connectivity index is 2.72. The number of rotatable bonds is 2. The first-order valence-electron chi connectivity index (χ1n) is 3.03. The maximum Gasteiger partial charge on any atom is 0.221 e. The lowest BCUT2D eigenvalue weighted by atomic mass is 10.4. The molecule has 1 heterocycles. The van der Waals surface area contributed by atoms with Crippen molar-refractivity contribution < 1.29 is 14.0 Å². The van der Waals surface area contributed by atoms with Crippen LogP contribution >= 0.6 is 0 Å². The van der Waals surface area contributed by atoms with Crippen LogP contribution in [0.4, 0.5) is 5.69 Å². The molecule has 0 saturated carbocycles. The molecule has 0 aliphatic heterocycles. The van der Waals surface area contributed by atoms with Crippen LogP contribution in [-0.4, -0.2) is 12.2 Å². The number of anilines is 1. The normalized spacial score (nSPS) is 9.18. The van der Waals surface area contributed by atoms with Gasteiger partial charge < -0.3 is 9.73 Å². The molecule has 0 aliphatic carbocycles. The second kappa shape index (κ2) is 3.01. The highest BCUT2D eigenvalue weighted by atomic mass is 16.3. The van der Waals surface area contributed by atoms with Gasteiger partial charge in [0.15, 0.2) is 12.0 Å². The molecular weight excluding hydrogens is 146 g/mol. The molecule has 1 aromatic heterocycles. The van der Waals surface area contributed by atoms with E-state index < -0.39 is 0 Å². The molecule has 0 radical (unpaired) electrons. The van der Waals surface area contributed by atoms with Gasteiger partial charge in [0.2, 0.25) is 5.91 Å². The minimum atomic E-state index is -0.191. The molecular formula is C7H7NO3.